The summed E-state index contributed by atoms with van der Waals surface area (Å²) in [6.07, 6.45) is 1.59. The van der Waals surface area contributed by atoms with Gasteiger partial charge in [-0.25, -0.2) is 4.39 Å². The molecule has 0 spiro atoms. The van der Waals surface area contributed by atoms with Crippen molar-refractivity contribution >= 4 is 17.4 Å². The van der Waals surface area contributed by atoms with Crippen LogP contribution in [0.4, 0.5) is 4.39 Å². The molecule has 0 aliphatic carbocycles. The number of carbonyl (C=O) groups is 2. The topological polar surface area (TPSA) is 87.1 Å². The van der Waals surface area contributed by atoms with Gasteiger partial charge in [0, 0.05) is 17.7 Å². The maximum Gasteiger partial charge on any atom is 0.295 e. The van der Waals surface area contributed by atoms with Gasteiger partial charge in [0.25, 0.3) is 11.7 Å². The first-order valence-corrected chi connectivity index (χ1v) is 8.97. The van der Waals surface area contributed by atoms with Crippen molar-refractivity contribution in [2.45, 2.75) is 6.04 Å². The van der Waals surface area contributed by atoms with Gasteiger partial charge < -0.3 is 19.8 Å². The molecular formula is C22H20FNO5. The van der Waals surface area contributed by atoms with Crippen LogP contribution >= 0.6 is 0 Å². The number of benzene rings is 2. The molecule has 1 amide bonds. The zero-order valence-electron chi connectivity index (χ0n) is 15.5. The number of Topliss-reactive ketones (excluding diaryl/α,β-unsaturated/α-hetero) is 1. The predicted molar refractivity (Wildman–Crippen MR) is 105 cm³/mol. The van der Waals surface area contributed by atoms with Crippen molar-refractivity contribution in [2.24, 2.45) is 0 Å². The first-order valence-electron chi connectivity index (χ1n) is 8.97. The second kappa shape index (κ2) is 8.70. The minimum atomic E-state index is -1.14. The fraction of sp³-hybridized carbons (Fsp3) is 0.182. The van der Waals surface area contributed by atoms with E-state index in [2.05, 4.69) is 6.58 Å². The van der Waals surface area contributed by atoms with Crippen LogP contribution in [-0.4, -0.2) is 46.6 Å². The summed E-state index contributed by atoms with van der Waals surface area (Å²) >= 11 is 0. The Balaban J connectivity index is 2.10. The molecule has 1 aliphatic rings. The minimum Gasteiger partial charge on any atom is -0.507 e. The molecule has 7 heteroatoms. The summed E-state index contributed by atoms with van der Waals surface area (Å²) in [5.74, 6) is -2.35. The zero-order valence-corrected chi connectivity index (χ0v) is 15.5. The van der Waals surface area contributed by atoms with Crippen molar-refractivity contribution in [2.75, 3.05) is 19.8 Å². The third-order valence-electron chi connectivity index (χ3n) is 4.58. The Bertz CT molecular complexity index is 967. The van der Waals surface area contributed by atoms with Crippen LogP contribution in [0, 0.1) is 5.82 Å². The van der Waals surface area contributed by atoms with Gasteiger partial charge in [0.15, 0.2) is 0 Å². The van der Waals surface area contributed by atoms with Gasteiger partial charge in [0.1, 0.15) is 23.9 Å². The molecule has 0 bridgehead atoms. The molecule has 1 aliphatic heterocycles. The molecule has 2 aromatic carbocycles. The first-order chi connectivity index (χ1) is 14.0. The number of nitrogens with zero attached hydrogens (tertiary/aromatic N) is 1. The average Bonchev–Trinajstić information content (AvgIpc) is 2.97. The average molecular weight is 397 g/mol. The maximum absolute atomic E-state index is 14.5. The molecular weight excluding hydrogens is 377 g/mol. The molecule has 1 saturated heterocycles. The van der Waals surface area contributed by atoms with Crippen LogP contribution in [0.2, 0.25) is 0 Å². The number of hydrogen-bond acceptors (Lipinski definition) is 5. The largest absolute Gasteiger partial charge is 0.507 e. The quantitative estimate of drug-likeness (QED) is 0.325. The summed E-state index contributed by atoms with van der Waals surface area (Å²) in [5, 5.41) is 20.1. The zero-order chi connectivity index (χ0) is 21.0. The number of aliphatic hydroxyl groups excluding tert-OH is 2. The van der Waals surface area contributed by atoms with Gasteiger partial charge in [-0.15, -0.1) is 0 Å². The lowest BCUT2D eigenvalue weighted by atomic mass is 9.95. The van der Waals surface area contributed by atoms with Crippen LogP contribution in [-0.2, 0) is 9.59 Å². The number of ketones is 1. The monoisotopic (exact) mass is 397 g/mol. The summed E-state index contributed by atoms with van der Waals surface area (Å²) in [7, 11) is 0. The second-order valence-electron chi connectivity index (χ2n) is 6.36. The Morgan fingerprint density at radius 1 is 1.17 bits per heavy atom. The molecule has 0 saturated carbocycles. The number of β-amino-alcohol motifs (C(OH)–C–C–N with tert-alkyl or cyclic N) is 1. The van der Waals surface area contributed by atoms with Crippen molar-refractivity contribution in [1.82, 2.24) is 4.90 Å². The van der Waals surface area contributed by atoms with E-state index in [1.807, 2.05) is 0 Å². The van der Waals surface area contributed by atoms with Gasteiger partial charge in [-0.3, -0.25) is 9.59 Å². The van der Waals surface area contributed by atoms with Crippen molar-refractivity contribution < 1.29 is 28.9 Å². The third kappa shape index (κ3) is 3.90. The van der Waals surface area contributed by atoms with Gasteiger partial charge in [-0.1, -0.05) is 30.9 Å². The highest BCUT2D eigenvalue weighted by molar-refractivity contribution is 6.46. The molecule has 2 aromatic rings. The van der Waals surface area contributed by atoms with Crippen molar-refractivity contribution in [3.8, 4) is 5.75 Å². The van der Waals surface area contributed by atoms with E-state index in [-0.39, 0.29) is 23.2 Å². The Morgan fingerprint density at radius 2 is 1.86 bits per heavy atom. The van der Waals surface area contributed by atoms with Crippen molar-refractivity contribution in [3.05, 3.63) is 83.7 Å². The Hall–Kier alpha value is -3.45. The highest BCUT2D eigenvalue weighted by Gasteiger charge is 2.46. The lowest BCUT2D eigenvalue weighted by molar-refractivity contribution is -0.140. The molecule has 1 heterocycles. The van der Waals surface area contributed by atoms with Gasteiger partial charge in [-0.05, 0) is 30.3 Å². The van der Waals surface area contributed by atoms with E-state index in [1.54, 1.807) is 24.3 Å². The van der Waals surface area contributed by atoms with E-state index in [4.69, 9.17) is 4.74 Å². The normalized spacial score (nSPS) is 18.1. The Morgan fingerprint density at radius 3 is 2.48 bits per heavy atom. The third-order valence-corrected chi connectivity index (χ3v) is 4.58. The molecule has 6 nitrogen and oxygen atoms in total. The van der Waals surface area contributed by atoms with E-state index in [1.165, 1.54) is 30.3 Å². The SMILES string of the molecule is C=CCOc1ccc(C(O)=C2C(=O)C(=O)N(CCO)[C@H]2c2ccccc2F)cc1. The first kappa shape index (κ1) is 20.3. The molecule has 0 unspecified atom stereocenters. The molecule has 0 aromatic heterocycles. The van der Waals surface area contributed by atoms with Gasteiger partial charge >= 0.3 is 0 Å². The highest BCUT2D eigenvalue weighted by Crippen LogP contribution is 2.40. The summed E-state index contributed by atoms with van der Waals surface area (Å²) in [6.45, 7) is 3.29. The number of ether oxygens (including phenoxy) is 1. The Kier molecular flexibility index (Phi) is 6.09. The highest BCUT2D eigenvalue weighted by atomic mass is 19.1. The number of aliphatic hydroxyl groups is 2. The van der Waals surface area contributed by atoms with Crippen LogP contribution in [0.3, 0.4) is 0 Å². The lowest BCUT2D eigenvalue weighted by Gasteiger charge is -2.24. The number of likely N-dealkylation sites (tertiary alicyclic amines) is 1. The van der Waals surface area contributed by atoms with Crippen molar-refractivity contribution in [1.29, 1.82) is 0 Å². The second-order valence-corrected chi connectivity index (χ2v) is 6.36. The van der Waals surface area contributed by atoms with E-state index in [0.29, 0.717) is 12.4 Å². The number of amides is 1. The minimum absolute atomic E-state index is 0.0626. The van der Waals surface area contributed by atoms with Crippen LogP contribution in [0.15, 0.2) is 66.8 Å². The van der Waals surface area contributed by atoms with Crippen LogP contribution in [0.1, 0.15) is 17.2 Å². The number of rotatable bonds is 7. The molecule has 150 valence electrons. The van der Waals surface area contributed by atoms with E-state index >= 15 is 0 Å². The lowest BCUT2D eigenvalue weighted by Crippen LogP contribution is -2.32. The summed E-state index contributed by atoms with van der Waals surface area (Å²) < 4.78 is 19.9. The van der Waals surface area contributed by atoms with Gasteiger partial charge in [-0.2, -0.15) is 0 Å². The fourth-order valence-electron chi connectivity index (χ4n) is 3.26. The van der Waals surface area contributed by atoms with Crippen LogP contribution < -0.4 is 4.74 Å². The standard InChI is InChI=1S/C22H20FNO5/c1-2-13-29-15-9-7-14(8-10-15)20(26)18-19(16-5-3-4-6-17(16)23)24(11-12-25)22(28)21(18)27/h2-10,19,25-26H,1,11-13H2/t19-/m0/s1. The predicted octanol–water partition coefficient (Wildman–Crippen LogP) is 2.80. The molecule has 0 radical (unpaired) electrons. The number of hydrogen-bond donors (Lipinski definition) is 2. The van der Waals surface area contributed by atoms with Gasteiger partial charge in [0.05, 0.1) is 18.2 Å². The summed E-state index contributed by atoms with van der Waals surface area (Å²) in [5.41, 5.74) is 0.111. The summed E-state index contributed by atoms with van der Waals surface area (Å²) in [6, 6.07) is 10.8. The Labute approximate surface area is 167 Å². The molecule has 29 heavy (non-hydrogen) atoms. The number of carbonyl (C=O) groups excluding carboxylic acids is 2. The van der Waals surface area contributed by atoms with E-state index in [0.717, 1.165) is 4.90 Å². The van der Waals surface area contributed by atoms with Crippen LogP contribution in [0.25, 0.3) is 5.76 Å². The van der Waals surface area contributed by atoms with Gasteiger partial charge in [0.2, 0.25) is 0 Å². The smallest absolute Gasteiger partial charge is 0.295 e. The van der Waals surface area contributed by atoms with E-state index in [9.17, 15) is 24.2 Å². The van der Waals surface area contributed by atoms with Crippen LogP contribution in [0.5, 0.6) is 5.75 Å². The molecule has 3 rings (SSSR count). The molecule has 1 fully saturated rings. The summed E-state index contributed by atoms with van der Waals surface area (Å²) in [4.78, 5) is 26.2. The fourth-order valence-corrected chi connectivity index (χ4v) is 3.26. The van der Waals surface area contributed by atoms with Crippen molar-refractivity contribution in [3.63, 3.8) is 0 Å². The molecule has 2 N–H and O–H groups in total. The maximum atomic E-state index is 14.5. The molecule has 1 atom stereocenters. The van der Waals surface area contributed by atoms with E-state index < -0.39 is 35.9 Å². The number of halogens is 1.